The first kappa shape index (κ1) is 20.2. The van der Waals surface area contributed by atoms with Crippen LogP contribution in [0, 0.1) is 12.7 Å². The lowest BCUT2D eigenvalue weighted by atomic mass is 10.2. The van der Waals surface area contributed by atoms with E-state index in [4.69, 9.17) is 11.6 Å². The van der Waals surface area contributed by atoms with Crippen molar-refractivity contribution < 1.29 is 17.6 Å². The van der Waals surface area contributed by atoms with Gasteiger partial charge in [0.25, 0.3) is 0 Å². The fourth-order valence-corrected chi connectivity index (χ4v) is 3.23. The fraction of sp³-hybridized carbons (Fsp3) is 0.235. The van der Waals surface area contributed by atoms with Gasteiger partial charge in [-0.25, -0.2) is 17.1 Å². The van der Waals surface area contributed by atoms with E-state index in [-0.39, 0.29) is 22.4 Å². The van der Waals surface area contributed by atoms with Crippen LogP contribution in [0.2, 0.25) is 5.02 Å². The number of nitrogens with one attached hydrogen (secondary N) is 2. The Hall–Kier alpha value is -2.16. The molecule has 0 spiro atoms. The number of benzene rings is 2. The first-order valence-electron chi connectivity index (χ1n) is 7.63. The molecule has 140 valence electrons. The first-order valence-corrected chi connectivity index (χ1v) is 9.45. The Morgan fingerprint density at radius 2 is 1.88 bits per heavy atom. The molecule has 2 N–H and O–H groups in total. The predicted molar refractivity (Wildman–Crippen MR) is 101 cm³/mol. The van der Waals surface area contributed by atoms with Crippen molar-refractivity contribution in [1.29, 1.82) is 0 Å². The summed E-state index contributed by atoms with van der Waals surface area (Å²) in [5.74, 6) is -0.953. The zero-order chi connectivity index (χ0) is 19.5. The minimum atomic E-state index is -3.57. The van der Waals surface area contributed by atoms with Gasteiger partial charge in [-0.05, 0) is 42.8 Å². The fourth-order valence-electron chi connectivity index (χ4n) is 2.12. The van der Waals surface area contributed by atoms with Crippen LogP contribution in [-0.4, -0.2) is 39.3 Å². The number of hydrogen-bond donors (Lipinski definition) is 2. The maximum absolute atomic E-state index is 13.1. The number of nitrogens with zero attached hydrogens (tertiary/aromatic N) is 1. The highest BCUT2D eigenvalue weighted by Gasteiger charge is 2.18. The number of amides is 1. The smallest absolute Gasteiger partial charge is 0.243 e. The van der Waals surface area contributed by atoms with Gasteiger partial charge in [-0.15, -0.1) is 0 Å². The van der Waals surface area contributed by atoms with Crippen molar-refractivity contribution in [3.05, 3.63) is 52.8 Å². The molecule has 0 aliphatic heterocycles. The van der Waals surface area contributed by atoms with Gasteiger partial charge >= 0.3 is 0 Å². The molecule has 0 aliphatic carbocycles. The van der Waals surface area contributed by atoms with Gasteiger partial charge in [0.2, 0.25) is 15.9 Å². The second kappa shape index (κ2) is 8.03. The van der Waals surface area contributed by atoms with Crippen molar-refractivity contribution >= 4 is 38.9 Å². The van der Waals surface area contributed by atoms with E-state index in [0.29, 0.717) is 11.4 Å². The Bertz CT molecular complexity index is 933. The monoisotopic (exact) mass is 399 g/mol. The molecular weight excluding hydrogens is 381 g/mol. The third kappa shape index (κ3) is 4.72. The molecule has 6 nitrogen and oxygen atoms in total. The summed E-state index contributed by atoms with van der Waals surface area (Å²) in [7, 11) is -0.674. The molecule has 0 saturated carbocycles. The van der Waals surface area contributed by atoms with Crippen LogP contribution in [0.25, 0.3) is 0 Å². The summed E-state index contributed by atoms with van der Waals surface area (Å²) in [6, 6.07) is 8.52. The van der Waals surface area contributed by atoms with E-state index in [0.717, 1.165) is 15.9 Å². The molecule has 0 fully saturated rings. The van der Waals surface area contributed by atoms with Crippen molar-refractivity contribution in [3.63, 3.8) is 0 Å². The second-order valence-electron chi connectivity index (χ2n) is 5.79. The van der Waals surface area contributed by atoms with Gasteiger partial charge < -0.3 is 10.6 Å². The minimum absolute atomic E-state index is 0.0896. The summed E-state index contributed by atoms with van der Waals surface area (Å²) in [6.07, 6.45) is 0. The largest absolute Gasteiger partial charge is 0.376 e. The van der Waals surface area contributed by atoms with Gasteiger partial charge in [0.15, 0.2) is 0 Å². The molecule has 26 heavy (non-hydrogen) atoms. The van der Waals surface area contributed by atoms with Crippen LogP contribution in [0.3, 0.4) is 0 Å². The first-order chi connectivity index (χ1) is 12.1. The Morgan fingerprint density at radius 3 is 2.50 bits per heavy atom. The number of rotatable bonds is 6. The van der Waals surface area contributed by atoms with Crippen molar-refractivity contribution in [1.82, 2.24) is 4.31 Å². The van der Waals surface area contributed by atoms with Crippen molar-refractivity contribution in [2.24, 2.45) is 0 Å². The van der Waals surface area contributed by atoms with Crippen molar-refractivity contribution in [2.45, 2.75) is 11.8 Å². The average Bonchev–Trinajstić information content (AvgIpc) is 2.57. The van der Waals surface area contributed by atoms with E-state index in [1.165, 1.54) is 38.4 Å². The predicted octanol–water partition coefficient (Wildman–Crippen LogP) is 3.09. The van der Waals surface area contributed by atoms with Gasteiger partial charge in [-0.2, -0.15) is 0 Å². The zero-order valence-corrected chi connectivity index (χ0v) is 16.1. The highest BCUT2D eigenvalue weighted by atomic mass is 35.5. The summed E-state index contributed by atoms with van der Waals surface area (Å²) in [5.41, 5.74) is 1.68. The quantitative estimate of drug-likeness (QED) is 0.782. The Morgan fingerprint density at radius 1 is 1.19 bits per heavy atom. The van der Waals surface area contributed by atoms with E-state index in [2.05, 4.69) is 10.6 Å². The lowest BCUT2D eigenvalue weighted by Crippen LogP contribution is -2.24. The van der Waals surface area contributed by atoms with Crippen LogP contribution in [-0.2, 0) is 14.8 Å². The molecular formula is C17H19ClFN3O3S. The zero-order valence-electron chi connectivity index (χ0n) is 14.5. The highest BCUT2D eigenvalue weighted by molar-refractivity contribution is 7.89. The van der Waals surface area contributed by atoms with Gasteiger partial charge in [0.05, 0.1) is 16.5 Å². The van der Waals surface area contributed by atoms with E-state index >= 15 is 0 Å². The van der Waals surface area contributed by atoms with Gasteiger partial charge in [0.1, 0.15) is 5.82 Å². The Kier molecular flexibility index (Phi) is 6.22. The maximum atomic E-state index is 13.1. The normalized spacial score (nSPS) is 11.5. The molecule has 0 unspecified atom stereocenters. The topological polar surface area (TPSA) is 78.5 Å². The van der Waals surface area contributed by atoms with Crippen LogP contribution >= 0.6 is 11.6 Å². The molecule has 0 heterocycles. The number of carbonyl (C=O) groups excluding carboxylic acids is 1. The summed E-state index contributed by atoms with van der Waals surface area (Å²) < 4.78 is 38.7. The molecule has 2 aromatic carbocycles. The van der Waals surface area contributed by atoms with Crippen LogP contribution < -0.4 is 10.6 Å². The number of hydrogen-bond acceptors (Lipinski definition) is 4. The second-order valence-corrected chi connectivity index (χ2v) is 8.35. The molecule has 0 saturated heterocycles. The highest BCUT2D eigenvalue weighted by Crippen LogP contribution is 2.22. The average molecular weight is 400 g/mol. The number of carbonyl (C=O) groups is 1. The molecule has 0 radical (unpaired) electrons. The van der Waals surface area contributed by atoms with E-state index in [9.17, 15) is 17.6 Å². The molecule has 0 bridgehead atoms. The third-order valence-electron chi connectivity index (χ3n) is 3.63. The summed E-state index contributed by atoms with van der Waals surface area (Å²) in [4.78, 5) is 12.2. The van der Waals surface area contributed by atoms with E-state index in [1.54, 1.807) is 13.0 Å². The van der Waals surface area contributed by atoms with Gasteiger partial charge in [-0.3, -0.25) is 4.79 Å². The van der Waals surface area contributed by atoms with Crippen LogP contribution in [0.5, 0.6) is 0 Å². The van der Waals surface area contributed by atoms with E-state index < -0.39 is 15.8 Å². The lowest BCUT2D eigenvalue weighted by Gasteiger charge is -2.15. The van der Waals surface area contributed by atoms with Crippen LogP contribution in [0.15, 0.2) is 41.3 Å². The van der Waals surface area contributed by atoms with Crippen molar-refractivity contribution in [3.8, 4) is 0 Å². The SMILES string of the molecule is Cc1ccc(S(=O)(=O)N(C)C)cc1NCC(=O)Nc1ccc(F)c(Cl)c1. The molecule has 9 heteroatoms. The third-order valence-corrected chi connectivity index (χ3v) is 5.73. The lowest BCUT2D eigenvalue weighted by molar-refractivity contribution is -0.114. The van der Waals surface area contributed by atoms with Gasteiger partial charge in [0, 0.05) is 25.5 Å². The molecule has 0 atom stereocenters. The standard InChI is InChI=1S/C17H19ClFN3O3S/c1-11-4-6-13(26(24,25)22(2)3)9-16(11)20-10-17(23)21-12-5-7-15(19)14(18)8-12/h4-9,20H,10H2,1-3H3,(H,21,23). The summed E-state index contributed by atoms with van der Waals surface area (Å²) in [6.45, 7) is 1.70. The Balaban J connectivity index is 2.09. The molecule has 2 rings (SSSR count). The molecule has 2 aromatic rings. The molecule has 0 aliphatic rings. The van der Waals surface area contributed by atoms with Gasteiger partial charge in [-0.1, -0.05) is 17.7 Å². The van der Waals surface area contributed by atoms with Crippen LogP contribution in [0.4, 0.5) is 15.8 Å². The summed E-state index contributed by atoms with van der Waals surface area (Å²) >= 11 is 5.67. The summed E-state index contributed by atoms with van der Waals surface area (Å²) in [5, 5.41) is 5.40. The minimum Gasteiger partial charge on any atom is -0.376 e. The number of sulfonamides is 1. The molecule has 1 amide bonds. The van der Waals surface area contributed by atoms with Crippen LogP contribution in [0.1, 0.15) is 5.56 Å². The number of aryl methyl sites for hydroxylation is 1. The van der Waals surface area contributed by atoms with E-state index in [1.807, 2.05) is 0 Å². The number of anilines is 2. The number of halogens is 2. The Labute approximate surface area is 157 Å². The maximum Gasteiger partial charge on any atom is 0.243 e. The van der Waals surface area contributed by atoms with Crippen molar-refractivity contribution in [2.75, 3.05) is 31.3 Å². The molecule has 0 aromatic heterocycles.